The molecule has 0 atom stereocenters. The highest BCUT2D eigenvalue weighted by Gasteiger charge is 1.89. The minimum atomic E-state index is 0.676. The molecular formula is C9H20O3. The SMILES string of the molecule is CCCOCCCOCCOC. The third kappa shape index (κ3) is 9.88. The molecule has 0 aromatic carbocycles. The summed E-state index contributed by atoms with van der Waals surface area (Å²) >= 11 is 0. The molecule has 3 heteroatoms. The van der Waals surface area contributed by atoms with Gasteiger partial charge in [0.25, 0.3) is 0 Å². The lowest BCUT2D eigenvalue weighted by Crippen LogP contribution is -2.05. The first-order chi connectivity index (χ1) is 5.91. The van der Waals surface area contributed by atoms with Gasteiger partial charge in [-0.25, -0.2) is 0 Å². The molecule has 0 aromatic heterocycles. The van der Waals surface area contributed by atoms with E-state index in [0.717, 1.165) is 32.7 Å². The molecule has 74 valence electrons. The number of hydrogen-bond donors (Lipinski definition) is 0. The van der Waals surface area contributed by atoms with Gasteiger partial charge in [0.15, 0.2) is 0 Å². The number of methoxy groups -OCH3 is 1. The van der Waals surface area contributed by atoms with Crippen molar-refractivity contribution >= 4 is 0 Å². The second kappa shape index (κ2) is 10.9. The smallest absolute Gasteiger partial charge is 0.0700 e. The number of rotatable bonds is 9. The van der Waals surface area contributed by atoms with Crippen LogP contribution in [0.25, 0.3) is 0 Å². The van der Waals surface area contributed by atoms with Crippen molar-refractivity contribution in [3.8, 4) is 0 Å². The van der Waals surface area contributed by atoms with Crippen molar-refractivity contribution in [1.29, 1.82) is 0 Å². The first-order valence-electron chi connectivity index (χ1n) is 4.56. The molecule has 0 bridgehead atoms. The van der Waals surface area contributed by atoms with E-state index in [4.69, 9.17) is 14.2 Å². The van der Waals surface area contributed by atoms with Gasteiger partial charge in [0.1, 0.15) is 0 Å². The summed E-state index contributed by atoms with van der Waals surface area (Å²) in [4.78, 5) is 0. The van der Waals surface area contributed by atoms with E-state index in [-0.39, 0.29) is 0 Å². The Bertz CT molecular complexity index is 66.2. The third-order valence-electron chi connectivity index (χ3n) is 1.36. The molecule has 0 amide bonds. The van der Waals surface area contributed by atoms with Crippen LogP contribution in [0, 0.1) is 0 Å². The highest BCUT2D eigenvalue weighted by atomic mass is 16.5. The third-order valence-corrected chi connectivity index (χ3v) is 1.36. The summed E-state index contributed by atoms with van der Waals surface area (Å²) in [5, 5.41) is 0. The van der Waals surface area contributed by atoms with Crippen LogP contribution in [-0.2, 0) is 14.2 Å². The first kappa shape index (κ1) is 11.9. The summed E-state index contributed by atoms with van der Waals surface area (Å²) in [5.74, 6) is 0. The molecule has 0 aliphatic heterocycles. The second-order valence-electron chi connectivity index (χ2n) is 2.57. The normalized spacial score (nSPS) is 10.5. The lowest BCUT2D eigenvalue weighted by atomic mass is 10.5. The molecule has 0 rings (SSSR count). The Morgan fingerprint density at radius 1 is 0.833 bits per heavy atom. The predicted molar refractivity (Wildman–Crippen MR) is 48.4 cm³/mol. The van der Waals surface area contributed by atoms with Crippen molar-refractivity contribution in [3.05, 3.63) is 0 Å². The Kier molecular flexibility index (Phi) is 10.8. The van der Waals surface area contributed by atoms with Crippen LogP contribution in [0.5, 0.6) is 0 Å². The van der Waals surface area contributed by atoms with E-state index in [0.29, 0.717) is 13.2 Å². The zero-order chi connectivity index (χ0) is 9.07. The lowest BCUT2D eigenvalue weighted by Gasteiger charge is -2.03. The van der Waals surface area contributed by atoms with Crippen LogP contribution in [0.15, 0.2) is 0 Å². The quantitative estimate of drug-likeness (QED) is 0.498. The lowest BCUT2D eigenvalue weighted by molar-refractivity contribution is 0.0515. The summed E-state index contributed by atoms with van der Waals surface area (Å²) in [7, 11) is 1.67. The Morgan fingerprint density at radius 2 is 1.50 bits per heavy atom. The molecule has 0 heterocycles. The van der Waals surface area contributed by atoms with Gasteiger partial charge in [0.2, 0.25) is 0 Å². The minimum absolute atomic E-state index is 0.676. The Labute approximate surface area is 75.0 Å². The maximum Gasteiger partial charge on any atom is 0.0700 e. The fourth-order valence-electron chi connectivity index (χ4n) is 0.754. The number of hydrogen-bond acceptors (Lipinski definition) is 3. The molecule has 3 nitrogen and oxygen atoms in total. The summed E-state index contributed by atoms with van der Waals surface area (Å²) in [6, 6.07) is 0. The van der Waals surface area contributed by atoms with Crippen LogP contribution in [0.4, 0.5) is 0 Å². The monoisotopic (exact) mass is 176 g/mol. The second-order valence-corrected chi connectivity index (χ2v) is 2.57. The van der Waals surface area contributed by atoms with E-state index < -0.39 is 0 Å². The van der Waals surface area contributed by atoms with E-state index >= 15 is 0 Å². The molecule has 0 aromatic rings. The van der Waals surface area contributed by atoms with E-state index in [1.165, 1.54) is 0 Å². The molecule has 0 radical (unpaired) electrons. The molecule has 0 saturated heterocycles. The van der Waals surface area contributed by atoms with Crippen molar-refractivity contribution in [1.82, 2.24) is 0 Å². The van der Waals surface area contributed by atoms with Crippen molar-refractivity contribution in [2.24, 2.45) is 0 Å². The molecule has 0 aliphatic rings. The Hall–Kier alpha value is -0.120. The van der Waals surface area contributed by atoms with E-state index in [2.05, 4.69) is 6.92 Å². The van der Waals surface area contributed by atoms with E-state index in [1.807, 2.05) is 0 Å². The fourth-order valence-corrected chi connectivity index (χ4v) is 0.754. The van der Waals surface area contributed by atoms with Crippen molar-refractivity contribution in [2.45, 2.75) is 19.8 Å². The average molecular weight is 176 g/mol. The topological polar surface area (TPSA) is 27.7 Å². The predicted octanol–water partition coefficient (Wildman–Crippen LogP) is 1.47. The van der Waals surface area contributed by atoms with Crippen LogP contribution < -0.4 is 0 Å². The Balaban J connectivity index is 2.73. The van der Waals surface area contributed by atoms with Gasteiger partial charge in [0, 0.05) is 26.9 Å². The zero-order valence-corrected chi connectivity index (χ0v) is 8.17. The molecule has 12 heavy (non-hydrogen) atoms. The molecule has 0 saturated carbocycles. The van der Waals surface area contributed by atoms with Gasteiger partial charge in [-0.2, -0.15) is 0 Å². The average Bonchev–Trinajstić information content (AvgIpc) is 2.10. The fraction of sp³-hybridized carbons (Fsp3) is 1.00. The maximum absolute atomic E-state index is 5.28. The molecule has 0 N–H and O–H groups in total. The molecule has 0 aliphatic carbocycles. The summed E-state index contributed by atoms with van der Waals surface area (Å²) in [6.45, 7) is 5.90. The van der Waals surface area contributed by atoms with E-state index in [9.17, 15) is 0 Å². The van der Waals surface area contributed by atoms with Crippen LogP contribution in [0.3, 0.4) is 0 Å². The number of ether oxygens (including phenoxy) is 3. The minimum Gasteiger partial charge on any atom is -0.382 e. The highest BCUT2D eigenvalue weighted by Crippen LogP contribution is 1.86. The van der Waals surface area contributed by atoms with Crippen molar-refractivity contribution in [2.75, 3.05) is 40.1 Å². The van der Waals surface area contributed by atoms with Gasteiger partial charge in [0.05, 0.1) is 13.2 Å². The van der Waals surface area contributed by atoms with Crippen molar-refractivity contribution in [3.63, 3.8) is 0 Å². The molecular weight excluding hydrogens is 156 g/mol. The molecule has 0 unspecified atom stereocenters. The summed E-state index contributed by atoms with van der Waals surface area (Å²) < 4.78 is 15.4. The van der Waals surface area contributed by atoms with Crippen LogP contribution in [0.1, 0.15) is 19.8 Å². The van der Waals surface area contributed by atoms with Gasteiger partial charge < -0.3 is 14.2 Å². The van der Waals surface area contributed by atoms with Gasteiger partial charge in [-0.05, 0) is 12.8 Å². The van der Waals surface area contributed by atoms with Gasteiger partial charge in [-0.1, -0.05) is 6.92 Å². The first-order valence-corrected chi connectivity index (χ1v) is 4.56. The standard InChI is InChI=1S/C9H20O3/c1-3-5-11-6-4-7-12-9-8-10-2/h3-9H2,1-2H3. The van der Waals surface area contributed by atoms with Gasteiger partial charge in [-0.3, -0.25) is 0 Å². The van der Waals surface area contributed by atoms with Crippen LogP contribution >= 0.6 is 0 Å². The van der Waals surface area contributed by atoms with Crippen LogP contribution in [-0.4, -0.2) is 40.1 Å². The van der Waals surface area contributed by atoms with E-state index in [1.54, 1.807) is 7.11 Å². The van der Waals surface area contributed by atoms with Crippen LogP contribution in [0.2, 0.25) is 0 Å². The van der Waals surface area contributed by atoms with Gasteiger partial charge in [-0.15, -0.1) is 0 Å². The molecule has 0 fully saturated rings. The van der Waals surface area contributed by atoms with Gasteiger partial charge >= 0.3 is 0 Å². The summed E-state index contributed by atoms with van der Waals surface area (Å²) in [5.41, 5.74) is 0. The summed E-state index contributed by atoms with van der Waals surface area (Å²) in [6.07, 6.45) is 2.06. The zero-order valence-electron chi connectivity index (χ0n) is 8.17. The highest BCUT2D eigenvalue weighted by molar-refractivity contribution is 4.35. The van der Waals surface area contributed by atoms with Crippen molar-refractivity contribution < 1.29 is 14.2 Å². The molecule has 0 spiro atoms. The largest absolute Gasteiger partial charge is 0.382 e. The Morgan fingerprint density at radius 3 is 2.08 bits per heavy atom. The maximum atomic E-state index is 5.28.